The summed E-state index contributed by atoms with van der Waals surface area (Å²) in [4.78, 5) is 0. The molecule has 14 heavy (non-hydrogen) atoms. The molecule has 1 atom stereocenters. The van der Waals surface area contributed by atoms with Crippen LogP contribution in [0.3, 0.4) is 0 Å². The maximum atomic E-state index is 12.3. The second kappa shape index (κ2) is 3.53. The molecule has 2 nitrogen and oxygen atoms in total. The molecule has 1 heterocycles. The molecule has 0 aliphatic carbocycles. The zero-order chi connectivity index (χ0) is 10.1. The molecule has 0 saturated heterocycles. The first-order chi connectivity index (χ1) is 6.70. The molecule has 76 valence electrons. The van der Waals surface area contributed by atoms with Crippen LogP contribution >= 0.6 is 0 Å². The highest BCUT2D eigenvalue weighted by Gasteiger charge is 2.26. The second-order valence-electron chi connectivity index (χ2n) is 3.21. The van der Waals surface area contributed by atoms with Crippen molar-refractivity contribution in [2.24, 2.45) is 0 Å². The monoisotopic (exact) mass is 200 g/mol. The van der Waals surface area contributed by atoms with Gasteiger partial charge in [-0.15, -0.1) is 0 Å². The molecule has 0 radical (unpaired) electrons. The van der Waals surface area contributed by atoms with Gasteiger partial charge in [-0.05, 0) is 5.56 Å². The van der Waals surface area contributed by atoms with Gasteiger partial charge in [-0.3, -0.25) is 0 Å². The quantitative estimate of drug-likeness (QED) is 0.790. The molecule has 1 aromatic rings. The van der Waals surface area contributed by atoms with Crippen molar-refractivity contribution in [1.29, 1.82) is 0 Å². The van der Waals surface area contributed by atoms with Crippen LogP contribution in [0.2, 0.25) is 0 Å². The van der Waals surface area contributed by atoms with E-state index in [-0.39, 0.29) is 5.56 Å². The van der Waals surface area contributed by atoms with Gasteiger partial charge in [-0.25, -0.2) is 8.78 Å². The number of benzene rings is 1. The summed E-state index contributed by atoms with van der Waals surface area (Å²) in [5.41, 5.74) is 1.08. The van der Waals surface area contributed by atoms with Crippen molar-refractivity contribution in [1.82, 2.24) is 0 Å². The van der Waals surface area contributed by atoms with Crippen molar-refractivity contribution in [3.63, 3.8) is 0 Å². The fourth-order valence-electron chi connectivity index (χ4n) is 1.61. The summed E-state index contributed by atoms with van der Waals surface area (Å²) >= 11 is 0. The van der Waals surface area contributed by atoms with Crippen molar-refractivity contribution in [3.8, 4) is 5.75 Å². The predicted octanol–water partition coefficient (Wildman–Crippen LogP) is 1.92. The first kappa shape index (κ1) is 9.40. The van der Waals surface area contributed by atoms with E-state index in [4.69, 9.17) is 4.74 Å². The highest BCUT2D eigenvalue weighted by atomic mass is 19.3. The lowest BCUT2D eigenvalue weighted by Gasteiger charge is -2.13. The molecular formula is C10H10F2O2. The van der Waals surface area contributed by atoms with Gasteiger partial charge in [0.25, 0.3) is 6.43 Å². The third-order valence-electron chi connectivity index (χ3n) is 2.30. The van der Waals surface area contributed by atoms with E-state index in [1.165, 1.54) is 6.07 Å². The Morgan fingerprint density at radius 3 is 2.86 bits per heavy atom. The molecule has 1 aliphatic heterocycles. The third-order valence-corrected chi connectivity index (χ3v) is 2.30. The van der Waals surface area contributed by atoms with E-state index in [2.05, 4.69) is 0 Å². The van der Waals surface area contributed by atoms with Crippen LogP contribution in [0.15, 0.2) is 18.2 Å². The van der Waals surface area contributed by atoms with Crippen LogP contribution in [-0.2, 0) is 6.42 Å². The molecule has 0 saturated carbocycles. The summed E-state index contributed by atoms with van der Waals surface area (Å²) < 4.78 is 29.8. The third kappa shape index (κ3) is 1.46. The number of alkyl halides is 2. The minimum Gasteiger partial charge on any atom is -0.493 e. The van der Waals surface area contributed by atoms with Crippen molar-refractivity contribution in [2.75, 3.05) is 6.61 Å². The summed E-state index contributed by atoms with van der Waals surface area (Å²) in [6.45, 7) is 0.502. The smallest absolute Gasteiger partial charge is 0.268 e. The van der Waals surface area contributed by atoms with Crippen LogP contribution in [0, 0.1) is 0 Å². The molecule has 1 aromatic carbocycles. The summed E-state index contributed by atoms with van der Waals surface area (Å²) in [6.07, 6.45) is -3.80. The van der Waals surface area contributed by atoms with Gasteiger partial charge in [0, 0.05) is 12.0 Å². The highest BCUT2D eigenvalue weighted by molar-refractivity contribution is 5.45. The Bertz CT molecular complexity index is 339. The van der Waals surface area contributed by atoms with Crippen LogP contribution in [0.25, 0.3) is 0 Å². The van der Waals surface area contributed by atoms with E-state index in [0.29, 0.717) is 12.4 Å². The zero-order valence-electron chi connectivity index (χ0n) is 7.41. The van der Waals surface area contributed by atoms with Gasteiger partial charge < -0.3 is 9.84 Å². The summed E-state index contributed by atoms with van der Waals surface area (Å²) in [5.74, 6) is 0.431. The van der Waals surface area contributed by atoms with E-state index in [9.17, 15) is 13.9 Å². The number of fused-ring (bicyclic) bond motifs is 1. The van der Waals surface area contributed by atoms with Crippen LogP contribution in [0.4, 0.5) is 8.78 Å². The number of hydrogen-bond donors (Lipinski definition) is 1. The number of ether oxygens (including phenoxy) is 1. The molecule has 1 aliphatic rings. The van der Waals surface area contributed by atoms with Crippen molar-refractivity contribution in [2.45, 2.75) is 19.0 Å². The van der Waals surface area contributed by atoms with Crippen molar-refractivity contribution in [3.05, 3.63) is 29.3 Å². The largest absolute Gasteiger partial charge is 0.493 e. The first-order valence-corrected chi connectivity index (χ1v) is 4.41. The fourth-order valence-corrected chi connectivity index (χ4v) is 1.61. The van der Waals surface area contributed by atoms with Gasteiger partial charge in [0.15, 0.2) is 0 Å². The van der Waals surface area contributed by atoms with Crippen LogP contribution in [-0.4, -0.2) is 18.1 Å². The Labute approximate surface area is 80.1 Å². The predicted molar refractivity (Wildman–Crippen MR) is 46.6 cm³/mol. The Morgan fingerprint density at radius 1 is 1.36 bits per heavy atom. The number of halogens is 2. The first-order valence-electron chi connectivity index (χ1n) is 4.41. The van der Waals surface area contributed by atoms with Gasteiger partial charge in [0.1, 0.15) is 11.9 Å². The normalized spacial score (nSPS) is 16.6. The van der Waals surface area contributed by atoms with E-state index in [0.717, 1.165) is 12.0 Å². The number of aliphatic hydroxyl groups excluding tert-OH is 1. The molecule has 0 amide bonds. The molecule has 2 rings (SSSR count). The van der Waals surface area contributed by atoms with Gasteiger partial charge in [-0.1, -0.05) is 18.2 Å². The number of rotatable bonds is 2. The van der Waals surface area contributed by atoms with Gasteiger partial charge in [-0.2, -0.15) is 0 Å². The summed E-state index contributed by atoms with van der Waals surface area (Å²) in [6, 6.07) is 4.96. The molecule has 1 unspecified atom stereocenters. The van der Waals surface area contributed by atoms with Crippen LogP contribution in [0.5, 0.6) is 5.75 Å². The lowest BCUT2D eigenvalue weighted by Crippen LogP contribution is -2.09. The SMILES string of the molecule is OC(c1cccc2c1OCC2)C(F)F. The van der Waals surface area contributed by atoms with Crippen molar-refractivity contribution >= 4 is 0 Å². The molecule has 0 bridgehead atoms. The van der Waals surface area contributed by atoms with Gasteiger partial charge in [0.05, 0.1) is 6.61 Å². The Balaban J connectivity index is 2.39. The number of aliphatic hydroxyl groups is 1. The van der Waals surface area contributed by atoms with Gasteiger partial charge in [0.2, 0.25) is 0 Å². The second-order valence-corrected chi connectivity index (χ2v) is 3.21. The minimum absolute atomic E-state index is 0.190. The fraction of sp³-hybridized carbons (Fsp3) is 0.400. The Kier molecular flexibility index (Phi) is 2.37. The summed E-state index contributed by atoms with van der Waals surface area (Å²) in [5, 5.41) is 9.23. The minimum atomic E-state index is -2.77. The topological polar surface area (TPSA) is 29.5 Å². The number of para-hydroxylation sites is 1. The lowest BCUT2D eigenvalue weighted by atomic mass is 10.0. The maximum Gasteiger partial charge on any atom is 0.268 e. The average molecular weight is 200 g/mol. The lowest BCUT2D eigenvalue weighted by molar-refractivity contribution is -0.00700. The van der Waals surface area contributed by atoms with E-state index in [1.807, 2.05) is 6.07 Å². The van der Waals surface area contributed by atoms with Gasteiger partial charge >= 0.3 is 0 Å². The molecule has 0 spiro atoms. The molecule has 0 aromatic heterocycles. The average Bonchev–Trinajstić information content (AvgIpc) is 2.63. The maximum absolute atomic E-state index is 12.3. The van der Waals surface area contributed by atoms with Crippen LogP contribution < -0.4 is 4.74 Å². The standard InChI is InChI=1S/C10H10F2O2/c11-10(12)8(13)7-3-1-2-6-4-5-14-9(6)7/h1-3,8,10,13H,4-5H2. The Morgan fingerprint density at radius 2 is 2.14 bits per heavy atom. The molecule has 1 N–H and O–H groups in total. The van der Waals surface area contributed by atoms with E-state index >= 15 is 0 Å². The Hall–Kier alpha value is -1.16. The molecule has 4 heteroatoms. The molecular weight excluding hydrogens is 190 g/mol. The van der Waals surface area contributed by atoms with E-state index in [1.54, 1.807) is 6.07 Å². The zero-order valence-corrected chi connectivity index (χ0v) is 7.41. The number of hydrogen-bond acceptors (Lipinski definition) is 2. The summed E-state index contributed by atoms with van der Waals surface area (Å²) in [7, 11) is 0. The van der Waals surface area contributed by atoms with Crippen LogP contribution in [0.1, 0.15) is 17.2 Å². The van der Waals surface area contributed by atoms with E-state index < -0.39 is 12.5 Å². The molecule has 0 fully saturated rings. The van der Waals surface area contributed by atoms with Crippen molar-refractivity contribution < 1.29 is 18.6 Å². The highest BCUT2D eigenvalue weighted by Crippen LogP contribution is 2.35.